The predicted molar refractivity (Wildman–Crippen MR) is 127 cm³/mol. The average Bonchev–Trinajstić information content (AvgIpc) is 2.71. The fourth-order valence-electron chi connectivity index (χ4n) is 3.11. The van der Waals surface area contributed by atoms with Gasteiger partial charge in [0.25, 0.3) is 0 Å². The molecule has 0 saturated carbocycles. The van der Waals surface area contributed by atoms with Gasteiger partial charge in [0.1, 0.15) is 5.75 Å². The number of benzene rings is 1. The number of aliphatic imine (C=N–C) groups is 1. The molecule has 2 rings (SSSR count). The second kappa shape index (κ2) is 14.9. The first kappa shape index (κ1) is 25.0. The first-order valence-corrected chi connectivity index (χ1v) is 10.1. The average molecular weight is 504 g/mol. The van der Waals surface area contributed by atoms with E-state index in [0.29, 0.717) is 6.54 Å². The van der Waals surface area contributed by atoms with Crippen molar-refractivity contribution in [2.75, 3.05) is 53.6 Å². The van der Waals surface area contributed by atoms with Crippen LogP contribution < -0.4 is 15.4 Å². The van der Waals surface area contributed by atoms with Crippen molar-refractivity contribution in [1.82, 2.24) is 15.5 Å². The maximum absolute atomic E-state index is 5.41. The van der Waals surface area contributed by atoms with Crippen LogP contribution in [0.4, 0.5) is 0 Å². The summed E-state index contributed by atoms with van der Waals surface area (Å²) in [5.41, 5.74) is 1.17. The number of halogens is 1. The molecule has 2 N–H and O–H groups in total. The quantitative estimate of drug-likeness (QED) is 0.222. The van der Waals surface area contributed by atoms with Crippen LogP contribution in [-0.2, 0) is 11.3 Å². The number of ether oxygens (including phenoxy) is 2. The highest BCUT2D eigenvalue weighted by molar-refractivity contribution is 14.0. The maximum Gasteiger partial charge on any atom is 0.191 e. The van der Waals surface area contributed by atoms with Gasteiger partial charge < -0.3 is 25.0 Å². The summed E-state index contributed by atoms with van der Waals surface area (Å²) in [7, 11) is 3.88. The minimum Gasteiger partial charge on any atom is -0.497 e. The molecule has 1 aromatic carbocycles. The highest BCUT2D eigenvalue weighted by Crippen LogP contribution is 2.15. The lowest BCUT2D eigenvalue weighted by molar-refractivity contribution is 0.145. The summed E-state index contributed by atoms with van der Waals surface area (Å²) < 4.78 is 10.6. The van der Waals surface area contributed by atoms with Gasteiger partial charge in [0.15, 0.2) is 5.96 Å². The third-order valence-corrected chi connectivity index (χ3v) is 4.94. The van der Waals surface area contributed by atoms with Gasteiger partial charge in [0.05, 0.1) is 13.7 Å². The van der Waals surface area contributed by atoms with E-state index in [1.807, 2.05) is 19.1 Å². The lowest BCUT2D eigenvalue weighted by Crippen LogP contribution is -2.42. The van der Waals surface area contributed by atoms with Gasteiger partial charge in [-0.2, -0.15) is 0 Å². The van der Waals surface area contributed by atoms with E-state index in [9.17, 15) is 0 Å². The molecule has 0 spiro atoms. The normalized spacial score (nSPS) is 15.8. The molecule has 1 aromatic rings. The third-order valence-electron chi connectivity index (χ3n) is 4.94. The molecule has 0 aromatic heterocycles. The van der Waals surface area contributed by atoms with Gasteiger partial charge in [-0.15, -0.1) is 24.0 Å². The Labute approximate surface area is 187 Å². The number of likely N-dealkylation sites (tertiary alicyclic amines) is 1. The van der Waals surface area contributed by atoms with Gasteiger partial charge in [-0.05, 0) is 69.9 Å². The third kappa shape index (κ3) is 9.93. The molecule has 1 aliphatic heterocycles. The van der Waals surface area contributed by atoms with Gasteiger partial charge in [0, 0.05) is 26.3 Å². The van der Waals surface area contributed by atoms with Crippen molar-refractivity contribution in [1.29, 1.82) is 0 Å². The van der Waals surface area contributed by atoms with Gasteiger partial charge in [-0.1, -0.05) is 12.1 Å². The summed E-state index contributed by atoms with van der Waals surface area (Å²) in [5, 5.41) is 6.99. The largest absolute Gasteiger partial charge is 0.497 e. The molecule has 7 heteroatoms. The molecule has 1 fully saturated rings. The van der Waals surface area contributed by atoms with Gasteiger partial charge in [-0.25, -0.2) is 4.99 Å². The summed E-state index contributed by atoms with van der Waals surface area (Å²) in [6.45, 7) is 8.45. The zero-order chi connectivity index (χ0) is 19.3. The Bertz CT molecular complexity index is 546. The topological polar surface area (TPSA) is 58.1 Å². The van der Waals surface area contributed by atoms with Crippen LogP contribution in [0.2, 0.25) is 0 Å². The van der Waals surface area contributed by atoms with Crippen LogP contribution in [0.5, 0.6) is 5.75 Å². The fourth-order valence-corrected chi connectivity index (χ4v) is 3.11. The zero-order valence-corrected chi connectivity index (χ0v) is 19.9. The summed E-state index contributed by atoms with van der Waals surface area (Å²) in [4.78, 5) is 7.17. The molecule has 28 heavy (non-hydrogen) atoms. The Hall–Kier alpha value is -1.06. The lowest BCUT2D eigenvalue weighted by Gasteiger charge is -2.29. The van der Waals surface area contributed by atoms with Crippen LogP contribution in [0.25, 0.3) is 0 Å². The molecular formula is C21H37IN4O2. The summed E-state index contributed by atoms with van der Waals surface area (Å²) in [5.74, 6) is 2.48. The summed E-state index contributed by atoms with van der Waals surface area (Å²) >= 11 is 0. The van der Waals surface area contributed by atoms with Crippen LogP contribution in [0, 0.1) is 5.92 Å². The molecule has 0 unspecified atom stereocenters. The van der Waals surface area contributed by atoms with E-state index in [1.54, 1.807) is 7.11 Å². The number of methoxy groups -OCH3 is 1. The second-order valence-electron chi connectivity index (χ2n) is 7.12. The van der Waals surface area contributed by atoms with Crippen molar-refractivity contribution in [3.63, 3.8) is 0 Å². The molecule has 1 aliphatic rings. The second-order valence-corrected chi connectivity index (χ2v) is 7.12. The number of hydrogen-bond acceptors (Lipinski definition) is 4. The Kier molecular flexibility index (Phi) is 13.3. The molecule has 0 atom stereocenters. The van der Waals surface area contributed by atoms with E-state index in [0.717, 1.165) is 50.4 Å². The SMILES string of the molecule is CCOCCCNC(=NCc1ccc(OC)cc1)NCC1CCN(C)CC1.I. The monoisotopic (exact) mass is 504 g/mol. The number of hydrogen-bond donors (Lipinski definition) is 2. The number of nitrogens with zero attached hydrogens (tertiary/aromatic N) is 2. The molecule has 0 amide bonds. The minimum atomic E-state index is 0. The minimum absolute atomic E-state index is 0. The Balaban J connectivity index is 0.00000392. The first-order chi connectivity index (χ1) is 13.2. The van der Waals surface area contributed by atoms with Crippen molar-refractivity contribution >= 4 is 29.9 Å². The Morgan fingerprint density at radius 2 is 1.89 bits per heavy atom. The van der Waals surface area contributed by atoms with Gasteiger partial charge in [0.2, 0.25) is 0 Å². The molecule has 1 saturated heterocycles. The standard InChI is InChI=1S/C21H36N4O2.HI/c1-4-27-15-5-12-22-21(24-17-19-10-13-25(2)14-11-19)23-16-18-6-8-20(26-3)9-7-18;/h6-9,19H,4-5,10-17H2,1-3H3,(H2,22,23,24);1H. The van der Waals surface area contributed by atoms with Gasteiger partial charge in [-0.3, -0.25) is 0 Å². The van der Waals surface area contributed by atoms with Crippen LogP contribution in [0.1, 0.15) is 31.7 Å². The van der Waals surface area contributed by atoms with Crippen molar-refractivity contribution in [3.8, 4) is 5.75 Å². The number of nitrogens with one attached hydrogen (secondary N) is 2. The van der Waals surface area contributed by atoms with Crippen molar-refractivity contribution in [3.05, 3.63) is 29.8 Å². The fraction of sp³-hybridized carbons (Fsp3) is 0.667. The molecule has 0 aliphatic carbocycles. The van der Waals surface area contributed by atoms with E-state index in [4.69, 9.17) is 14.5 Å². The first-order valence-electron chi connectivity index (χ1n) is 10.1. The van der Waals surface area contributed by atoms with Crippen LogP contribution in [-0.4, -0.2) is 64.4 Å². The van der Waals surface area contributed by atoms with Crippen molar-refractivity contribution in [2.24, 2.45) is 10.9 Å². The summed E-state index contributed by atoms with van der Waals surface area (Å²) in [6, 6.07) is 8.08. The van der Waals surface area contributed by atoms with E-state index < -0.39 is 0 Å². The highest BCUT2D eigenvalue weighted by Gasteiger charge is 2.16. The molecular weight excluding hydrogens is 467 g/mol. The van der Waals surface area contributed by atoms with E-state index in [2.05, 4.69) is 34.7 Å². The van der Waals surface area contributed by atoms with Crippen LogP contribution in [0.15, 0.2) is 29.3 Å². The molecule has 6 nitrogen and oxygen atoms in total. The van der Waals surface area contributed by atoms with E-state index >= 15 is 0 Å². The molecule has 0 bridgehead atoms. The van der Waals surface area contributed by atoms with Crippen LogP contribution >= 0.6 is 24.0 Å². The maximum atomic E-state index is 5.41. The molecule has 0 radical (unpaired) electrons. The number of rotatable bonds is 10. The summed E-state index contributed by atoms with van der Waals surface area (Å²) in [6.07, 6.45) is 3.48. The van der Waals surface area contributed by atoms with Crippen molar-refractivity contribution < 1.29 is 9.47 Å². The molecule has 1 heterocycles. The van der Waals surface area contributed by atoms with Crippen LogP contribution in [0.3, 0.4) is 0 Å². The smallest absolute Gasteiger partial charge is 0.191 e. The zero-order valence-electron chi connectivity index (χ0n) is 17.6. The van der Waals surface area contributed by atoms with E-state index in [-0.39, 0.29) is 24.0 Å². The highest BCUT2D eigenvalue weighted by atomic mass is 127. The lowest BCUT2D eigenvalue weighted by atomic mass is 9.97. The van der Waals surface area contributed by atoms with E-state index in [1.165, 1.54) is 31.5 Å². The predicted octanol–water partition coefficient (Wildman–Crippen LogP) is 3.12. The number of guanidine groups is 1. The Morgan fingerprint density at radius 1 is 1.18 bits per heavy atom. The Morgan fingerprint density at radius 3 is 2.54 bits per heavy atom. The number of piperidine rings is 1. The molecule has 160 valence electrons. The van der Waals surface area contributed by atoms with Gasteiger partial charge >= 0.3 is 0 Å². The van der Waals surface area contributed by atoms with Crippen molar-refractivity contribution in [2.45, 2.75) is 32.7 Å².